The molecule has 3 aromatic heterocycles. The number of hydrogen-bond acceptors (Lipinski definition) is 5. The van der Waals surface area contributed by atoms with Crippen LogP contribution in [0.4, 0.5) is 5.82 Å². The first-order valence-corrected chi connectivity index (χ1v) is 9.18. The molecule has 120 valence electrons. The summed E-state index contributed by atoms with van der Waals surface area (Å²) in [6.07, 6.45) is 3.83. The first-order chi connectivity index (χ1) is 11.2. The van der Waals surface area contributed by atoms with Gasteiger partial charge in [0.15, 0.2) is 11.5 Å². The van der Waals surface area contributed by atoms with Crippen LogP contribution >= 0.6 is 11.3 Å². The van der Waals surface area contributed by atoms with Gasteiger partial charge in [-0.05, 0) is 49.3 Å². The second-order valence-corrected chi connectivity index (χ2v) is 7.31. The minimum absolute atomic E-state index is 0.519. The molecule has 0 amide bonds. The van der Waals surface area contributed by atoms with Gasteiger partial charge in [0.25, 0.3) is 0 Å². The molecular formula is C17H21N5S. The van der Waals surface area contributed by atoms with Crippen LogP contribution in [0, 0.1) is 5.92 Å². The predicted octanol–water partition coefficient (Wildman–Crippen LogP) is 3.87. The van der Waals surface area contributed by atoms with E-state index in [1.54, 1.807) is 11.3 Å². The molecule has 0 aliphatic carbocycles. The van der Waals surface area contributed by atoms with E-state index in [1.807, 2.05) is 10.6 Å². The van der Waals surface area contributed by atoms with E-state index in [2.05, 4.69) is 51.8 Å². The molecule has 4 rings (SSSR count). The zero-order valence-electron chi connectivity index (χ0n) is 13.5. The van der Waals surface area contributed by atoms with Crippen LogP contribution in [-0.2, 0) is 0 Å². The van der Waals surface area contributed by atoms with Crippen molar-refractivity contribution < 1.29 is 0 Å². The lowest BCUT2D eigenvalue weighted by Crippen LogP contribution is -2.35. The Morgan fingerprint density at radius 1 is 1.13 bits per heavy atom. The lowest BCUT2D eigenvalue weighted by Gasteiger charge is -2.29. The summed E-state index contributed by atoms with van der Waals surface area (Å²) in [7, 11) is 0. The fraction of sp³-hybridized carbons (Fsp3) is 0.471. The Hall–Kier alpha value is -1.95. The highest BCUT2D eigenvalue weighted by Crippen LogP contribution is 2.26. The quantitative estimate of drug-likeness (QED) is 0.717. The van der Waals surface area contributed by atoms with Gasteiger partial charge in [-0.3, -0.25) is 0 Å². The highest BCUT2D eigenvalue weighted by atomic mass is 32.1. The molecule has 0 aromatic carbocycles. The minimum atomic E-state index is 0.519. The van der Waals surface area contributed by atoms with Gasteiger partial charge in [0.2, 0.25) is 0 Å². The topological polar surface area (TPSA) is 46.3 Å². The average Bonchev–Trinajstić information content (AvgIpc) is 3.17. The average molecular weight is 327 g/mol. The van der Waals surface area contributed by atoms with Crippen molar-refractivity contribution in [1.29, 1.82) is 0 Å². The number of nitrogens with zero attached hydrogens (tertiary/aromatic N) is 5. The SMILES string of the molecule is CC1CCCC(C)N(c2ccc3nnc(-c4ccsc4)n3n2)C1. The second-order valence-electron chi connectivity index (χ2n) is 6.53. The monoisotopic (exact) mass is 327 g/mol. The number of anilines is 1. The minimum Gasteiger partial charge on any atom is -0.352 e. The Morgan fingerprint density at radius 2 is 2.04 bits per heavy atom. The van der Waals surface area contributed by atoms with Gasteiger partial charge in [-0.1, -0.05) is 13.3 Å². The fourth-order valence-electron chi connectivity index (χ4n) is 3.35. The van der Waals surface area contributed by atoms with Gasteiger partial charge in [0, 0.05) is 23.5 Å². The number of aromatic nitrogens is 4. The summed E-state index contributed by atoms with van der Waals surface area (Å²) < 4.78 is 1.87. The Bertz CT molecular complexity index is 795. The maximum absolute atomic E-state index is 4.86. The number of hydrogen-bond donors (Lipinski definition) is 0. The van der Waals surface area contributed by atoms with E-state index in [1.165, 1.54) is 19.3 Å². The smallest absolute Gasteiger partial charge is 0.186 e. The molecule has 6 heteroatoms. The highest BCUT2D eigenvalue weighted by Gasteiger charge is 2.23. The van der Waals surface area contributed by atoms with E-state index < -0.39 is 0 Å². The zero-order valence-corrected chi connectivity index (χ0v) is 14.3. The van der Waals surface area contributed by atoms with Crippen molar-refractivity contribution in [1.82, 2.24) is 19.8 Å². The first-order valence-electron chi connectivity index (χ1n) is 8.24. The van der Waals surface area contributed by atoms with Gasteiger partial charge in [0.1, 0.15) is 5.82 Å². The molecule has 0 bridgehead atoms. The Kier molecular flexibility index (Phi) is 3.77. The third kappa shape index (κ3) is 2.72. The standard InChI is InChI=1S/C17H21N5S/c1-12-4-3-5-13(2)21(10-12)16-7-6-15-18-19-17(22(15)20-16)14-8-9-23-11-14/h6-9,11-13H,3-5,10H2,1-2H3. The number of fused-ring (bicyclic) bond motifs is 1. The normalized spacial score (nSPS) is 22.4. The van der Waals surface area contributed by atoms with Crippen molar-refractivity contribution >= 4 is 22.8 Å². The van der Waals surface area contributed by atoms with E-state index in [9.17, 15) is 0 Å². The summed E-state index contributed by atoms with van der Waals surface area (Å²) in [6, 6.07) is 6.68. The molecule has 0 spiro atoms. The maximum Gasteiger partial charge on any atom is 0.186 e. The molecule has 2 unspecified atom stereocenters. The summed E-state index contributed by atoms with van der Waals surface area (Å²) in [6.45, 7) is 5.70. The molecule has 4 heterocycles. The zero-order chi connectivity index (χ0) is 15.8. The van der Waals surface area contributed by atoms with Gasteiger partial charge in [0.05, 0.1) is 0 Å². The molecule has 1 aliphatic heterocycles. The molecule has 0 N–H and O–H groups in total. The number of rotatable bonds is 2. The van der Waals surface area contributed by atoms with Crippen molar-refractivity contribution in [2.75, 3.05) is 11.4 Å². The third-order valence-corrected chi connectivity index (χ3v) is 5.36. The van der Waals surface area contributed by atoms with Gasteiger partial charge in [-0.2, -0.15) is 15.9 Å². The van der Waals surface area contributed by atoms with Crippen molar-refractivity contribution in [2.24, 2.45) is 5.92 Å². The van der Waals surface area contributed by atoms with E-state index in [0.717, 1.165) is 29.4 Å². The second kappa shape index (κ2) is 5.92. The van der Waals surface area contributed by atoms with Gasteiger partial charge >= 0.3 is 0 Å². The van der Waals surface area contributed by atoms with Crippen LogP contribution in [0.5, 0.6) is 0 Å². The van der Waals surface area contributed by atoms with Crippen LogP contribution in [0.25, 0.3) is 17.0 Å². The molecule has 0 radical (unpaired) electrons. The molecule has 0 saturated carbocycles. The van der Waals surface area contributed by atoms with E-state index in [4.69, 9.17) is 5.10 Å². The number of thiophene rings is 1. The van der Waals surface area contributed by atoms with Crippen LogP contribution in [-0.4, -0.2) is 32.4 Å². The lowest BCUT2D eigenvalue weighted by molar-refractivity contribution is 0.541. The van der Waals surface area contributed by atoms with Crippen molar-refractivity contribution in [3.05, 3.63) is 29.0 Å². The molecule has 1 saturated heterocycles. The summed E-state index contributed by atoms with van der Waals surface area (Å²) >= 11 is 1.66. The van der Waals surface area contributed by atoms with Crippen LogP contribution in [0.2, 0.25) is 0 Å². The van der Waals surface area contributed by atoms with E-state index in [-0.39, 0.29) is 0 Å². The third-order valence-electron chi connectivity index (χ3n) is 4.68. The largest absolute Gasteiger partial charge is 0.352 e. The molecule has 2 atom stereocenters. The molecular weight excluding hydrogens is 306 g/mol. The van der Waals surface area contributed by atoms with Crippen LogP contribution in [0.1, 0.15) is 33.1 Å². The molecule has 1 fully saturated rings. The van der Waals surface area contributed by atoms with E-state index >= 15 is 0 Å². The Labute approximate surface area is 140 Å². The Morgan fingerprint density at radius 3 is 2.87 bits per heavy atom. The molecule has 1 aliphatic rings. The lowest BCUT2D eigenvalue weighted by atomic mass is 10.1. The summed E-state index contributed by atoms with van der Waals surface area (Å²) in [5, 5.41) is 17.6. The maximum atomic E-state index is 4.86. The van der Waals surface area contributed by atoms with Gasteiger partial charge in [-0.15, -0.1) is 15.3 Å². The van der Waals surface area contributed by atoms with Crippen LogP contribution in [0.3, 0.4) is 0 Å². The molecule has 3 aromatic rings. The van der Waals surface area contributed by atoms with Gasteiger partial charge < -0.3 is 4.90 Å². The molecule has 23 heavy (non-hydrogen) atoms. The summed E-state index contributed by atoms with van der Waals surface area (Å²) in [4.78, 5) is 2.44. The predicted molar refractivity (Wildman–Crippen MR) is 93.9 cm³/mol. The fourth-order valence-corrected chi connectivity index (χ4v) is 3.98. The summed E-state index contributed by atoms with van der Waals surface area (Å²) in [5.41, 5.74) is 1.87. The van der Waals surface area contributed by atoms with Crippen molar-refractivity contribution in [2.45, 2.75) is 39.2 Å². The van der Waals surface area contributed by atoms with Crippen LogP contribution < -0.4 is 4.90 Å². The van der Waals surface area contributed by atoms with Crippen LogP contribution in [0.15, 0.2) is 29.0 Å². The van der Waals surface area contributed by atoms with Gasteiger partial charge in [-0.25, -0.2) is 0 Å². The summed E-state index contributed by atoms with van der Waals surface area (Å²) in [5.74, 6) is 2.54. The van der Waals surface area contributed by atoms with Crippen molar-refractivity contribution in [3.63, 3.8) is 0 Å². The Balaban J connectivity index is 1.77. The van der Waals surface area contributed by atoms with Crippen molar-refractivity contribution in [3.8, 4) is 11.4 Å². The molecule has 5 nitrogen and oxygen atoms in total. The van der Waals surface area contributed by atoms with E-state index in [0.29, 0.717) is 12.0 Å². The highest BCUT2D eigenvalue weighted by molar-refractivity contribution is 7.08. The first kappa shape index (κ1) is 14.6.